The summed E-state index contributed by atoms with van der Waals surface area (Å²) in [6, 6.07) is 13.3. The zero-order valence-corrected chi connectivity index (χ0v) is 10.9. The molecule has 0 amide bonds. The standard InChI is InChI=1S/C16H13F3O/c1-2-11-3-5-12(6-4-11)13-7-9-14(10-8-13)15(20)16(17,18)19/h3-10H,2H2,1H3. The first kappa shape index (κ1) is 14.3. The highest BCUT2D eigenvalue weighted by molar-refractivity contribution is 6.00. The lowest BCUT2D eigenvalue weighted by Crippen LogP contribution is -2.22. The highest BCUT2D eigenvalue weighted by Crippen LogP contribution is 2.24. The van der Waals surface area contributed by atoms with Gasteiger partial charge in [-0.2, -0.15) is 13.2 Å². The number of rotatable bonds is 3. The van der Waals surface area contributed by atoms with Gasteiger partial charge in [0.1, 0.15) is 0 Å². The van der Waals surface area contributed by atoms with E-state index in [1.54, 1.807) is 0 Å². The van der Waals surface area contributed by atoms with Gasteiger partial charge in [-0.1, -0.05) is 55.5 Å². The summed E-state index contributed by atoms with van der Waals surface area (Å²) in [5.74, 6) is -1.81. The molecule has 2 aromatic rings. The lowest BCUT2D eigenvalue weighted by Gasteiger charge is -2.07. The molecule has 104 valence electrons. The molecule has 0 fully saturated rings. The summed E-state index contributed by atoms with van der Waals surface area (Å²) < 4.78 is 36.9. The normalized spacial score (nSPS) is 11.4. The van der Waals surface area contributed by atoms with Gasteiger partial charge in [0.25, 0.3) is 5.78 Å². The van der Waals surface area contributed by atoms with Gasteiger partial charge in [-0.3, -0.25) is 4.79 Å². The molecule has 0 aliphatic heterocycles. The number of alkyl halides is 3. The molecule has 0 bridgehead atoms. The topological polar surface area (TPSA) is 17.1 Å². The highest BCUT2D eigenvalue weighted by Gasteiger charge is 2.39. The van der Waals surface area contributed by atoms with Crippen molar-refractivity contribution in [2.24, 2.45) is 0 Å². The Bertz CT molecular complexity index is 595. The van der Waals surface area contributed by atoms with Crippen LogP contribution >= 0.6 is 0 Å². The van der Waals surface area contributed by atoms with Crippen LogP contribution in [-0.2, 0) is 6.42 Å². The van der Waals surface area contributed by atoms with E-state index in [0.29, 0.717) is 0 Å². The lowest BCUT2D eigenvalue weighted by molar-refractivity contribution is -0.0885. The van der Waals surface area contributed by atoms with Crippen molar-refractivity contribution in [2.45, 2.75) is 19.5 Å². The molecular formula is C16H13F3O. The van der Waals surface area contributed by atoms with Crippen molar-refractivity contribution in [3.8, 4) is 11.1 Å². The van der Waals surface area contributed by atoms with Gasteiger partial charge < -0.3 is 0 Å². The third-order valence-corrected chi connectivity index (χ3v) is 3.10. The molecule has 2 rings (SSSR count). The first-order valence-electron chi connectivity index (χ1n) is 6.22. The average molecular weight is 278 g/mol. The number of hydrogen-bond acceptors (Lipinski definition) is 1. The number of aryl methyl sites for hydroxylation is 1. The average Bonchev–Trinajstić information content (AvgIpc) is 2.46. The van der Waals surface area contributed by atoms with Crippen LogP contribution in [-0.4, -0.2) is 12.0 Å². The van der Waals surface area contributed by atoms with Gasteiger partial charge in [0.05, 0.1) is 0 Å². The largest absolute Gasteiger partial charge is 0.454 e. The van der Waals surface area contributed by atoms with Crippen LogP contribution in [0.3, 0.4) is 0 Å². The number of carbonyl (C=O) groups excluding carboxylic acids is 1. The van der Waals surface area contributed by atoms with E-state index >= 15 is 0 Å². The minimum atomic E-state index is -4.83. The molecule has 0 saturated heterocycles. The number of carbonyl (C=O) groups is 1. The Labute approximate surface area is 115 Å². The fourth-order valence-corrected chi connectivity index (χ4v) is 1.91. The summed E-state index contributed by atoms with van der Waals surface area (Å²) in [4.78, 5) is 11.1. The Balaban J connectivity index is 2.25. The van der Waals surface area contributed by atoms with Crippen LogP contribution in [0.15, 0.2) is 48.5 Å². The summed E-state index contributed by atoms with van der Waals surface area (Å²) in [6.07, 6.45) is -3.90. The second kappa shape index (κ2) is 5.49. The molecule has 0 spiro atoms. The van der Waals surface area contributed by atoms with E-state index in [-0.39, 0.29) is 5.56 Å². The second-order valence-corrected chi connectivity index (χ2v) is 4.45. The number of ketones is 1. The van der Waals surface area contributed by atoms with Crippen LogP contribution < -0.4 is 0 Å². The zero-order valence-electron chi connectivity index (χ0n) is 10.9. The zero-order chi connectivity index (χ0) is 14.8. The van der Waals surface area contributed by atoms with E-state index in [1.165, 1.54) is 29.8 Å². The molecule has 1 nitrogen and oxygen atoms in total. The molecule has 0 aromatic heterocycles. The number of benzene rings is 2. The molecule has 0 heterocycles. The maximum atomic E-state index is 12.3. The van der Waals surface area contributed by atoms with E-state index in [0.717, 1.165) is 17.5 Å². The monoisotopic (exact) mass is 278 g/mol. The molecule has 0 unspecified atom stereocenters. The van der Waals surface area contributed by atoms with Crippen molar-refractivity contribution >= 4 is 5.78 Å². The predicted octanol–water partition coefficient (Wildman–Crippen LogP) is 4.66. The van der Waals surface area contributed by atoms with Gasteiger partial charge in [0.2, 0.25) is 0 Å². The van der Waals surface area contributed by atoms with Gasteiger partial charge in [-0.05, 0) is 23.1 Å². The summed E-state index contributed by atoms with van der Waals surface area (Å²) in [5, 5.41) is 0. The van der Waals surface area contributed by atoms with Crippen LogP contribution in [0.1, 0.15) is 22.8 Å². The third kappa shape index (κ3) is 3.07. The molecule has 0 aliphatic rings. The van der Waals surface area contributed by atoms with E-state index in [2.05, 4.69) is 0 Å². The van der Waals surface area contributed by atoms with E-state index in [9.17, 15) is 18.0 Å². The van der Waals surface area contributed by atoms with Gasteiger partial charge in [-0.25, -0.2) is 0 Å². The Morgan fingerprint density at radius 1 is 0.900 bits per heavy atom. The summed E-state index contributed by atoms with van der Waals surface area (Å²) in [7, 11) is 0. The fourth-order valence-electron chi connectivity index (χ4n) is 1.91. The first-order valence-corrected chi connectivity index (χ1v) is 6.22. The number of halogens is 3. The Kier molecular flexibility index (Phi) is 3.93. The van der Waals surface area contributed by atoms with Crippen LogP contribution in [0.5, 0.6) is 0 Å². The molecule has 0 N–H and O–H groups in total. The van der Waals surface area contributed by atoms with Gasteiger partial charge >= 0.3 is 6.18 Å². The quantitative estimate of drug-likeness (QED) is 0.746. The Morgan fingerprint density at radius 2 is 1.35 bits per heavy atom. The summed E-state index contributed by atoms with van der Waals surface area (Å²) in [5.41, 5.74) is 2.55. The molecule has 0 aliphatic carbocycles. The number of hydrogen-bond donors (Lipinski definition) is 0. The third-order valence-electron chi connectivity index (χ3n) is 3.10. The fraction of sp³-hybridized carbons (Fsp3) is 0.188. The van der Waals surface area contributed by atoms with Gasteiger partial charge in [-0.15, -0.1) is 0 Å². The molecule has 0 radical (unpaired) electrons. The van der Waals surface area contributed by atoms with Crippen LogP contribution in [0.4, 0.5) is 13.2 Å². The summed E-state index contributed by atoms with van der Waals surface area (Å²) >= 11 is 0. The van der Waals surface area contributed by atoms with Crippen molar-refractivity contribution in [1.82, 2.24) is 0 Å². The molecule has 20 heavy (non-hydrogen) atoms. The van der Waals surface area contributed by atoms with Crippen molar-refractivity contribution in [1.29, 1.82) is 0 Å². The van der Waals surface area contributed by atoms with Crippen molar-refractivity contribution in [3.63, 3.8) is 0 Å². The molecule has 0 saturated carbocycles. The van der Waals surface area contributed by atoms with Crippen LogP contribution in [0.25, 0.3) is 11.1 Å². The van der Waals surface area contributed by atoms with E-state index in [4.69, 9.17) is 0 Å². The van der Waals surface area contributed by atoms with Gasteiger partial charge in [0.15, 0.2) is 0 Å². The van der Waals surface area contributed by atoms with Crippen molar-refractivity contribution in [2.75, 3.05) is 0 Å². The molecule has 2 aromatic carbocycles. The predicted molar refractivity (Wildman–Crippen MR) is 71.6 cm³/mol. The van der Waals surface area contributed by atoms with Crippen LogP contribution in [0.2, 0.25) is 0 Å². The van der Waals surface area contributed by atoms with Crippen molar-refractivity contribution in [3.05, 3.63) is 59.7 Å². The van der Waals surface area contributed by atoms with E-state index < -0.39 is 12.0 Å². The summed E-state index contributed by atoms with van der Waals surface area (Å²) in [6.45, 7) is 2.05. The number of Topliss-reactive ketones (excluding diaryl/α,β-unsaturated/α-hetero) is 1. The maximum Gasteiger partial charge on any atom is 0.454 e. The van der Waals surface area contributed by atoms with Crippen molar-refractivity contribution < 1.29 is 18.0 Å². The molecule has 4 heteroatoms. The molecular weight excluding hydrogens is 265 g/mol. The lowest BCUT2D eigenvalue weighted by atomic mass is 10.0. The Hall–Kier alpha value is -2.10. The second-order valence-electron chi connectivity index (χ2n) is 4.45. The highest BCUT2D eigenvalue weighted by atomic mass is 19.4. The van der Waals surface area contributed by atoms with E-state index in [1.807, 2.05) is 31.2 Å². The minimum absolute atomic E-state index is 0.341. The first-order chi connectivity index (χ1) is 9.41. The Morgan fingerprint density at radius 3 is 1.75 bits per heavy atom. The smallest absolute Gasteiger partial charge is 0.284 e. The minimum Gasteiger partial charge on any atom is -0.284 e. The SMILES string of the molecule is CCc1ccc(-c2ccc(C(=O)C(F)(F)F)cc2)cc1. The molecule has 0 atom stereocenters. The van der Waals surface area contributed by atoms with Crippen LogP contribution in [0, 0.1) is 0 Å². The van der Waals surface area contributed by atoms with Gasteiger partial charge in [0, 0.05) is 5.56 Å². The maximum absolute atomic E-state index is 12.3.